The molecule has 3 heterocycles. The number of nitrogens with one attached hydrogen (secondary N) is 4. The number of thiophene rings is 1. The second kappa shape index (κ2) is 8.59. The Morgan fingerprint density at radius 1 is 1.04 bits per heavy atom. The summed E-state index contributed by atoms with van der Waals surface area (Å²) in [5.41, 5.74) is 1.92. The van der Waals surface area contributed by atoms with Crippen molar-refractivity contribution in [3.05, 3.63) is 40.6 Å². The second-order valence-corrected chi connectivity index (χ2v) is 7.84. The minimum atomic E-state index is -0.537. The van der Waals surface area contributed by atoms with Gasteiger partial charge in [0.25, 0.3) is 5.91 Å². The highest BCUT2D eigenvalue weighted by Crippen LogP contribution is 2.34. The van der Waals surface area contributed by atoms with Gasteiger partial charge in [-0.2, -0.15) is 11.3 Å². The molecule has 28 heavy (non-hydrogen) atoms. The lowest BCUT2D eigenvalue weighted by atomic mass is 10.2. The summed E-state index contributed by atoms with van der Waals surface area (Å²) in [6, 6.07) is 6.74. The van der Waals surface area contributed by atoms with Crippen LogP contribution in [0.25, 0.3) is 0 Å². The SMILES string of the molecule is O=C(C[NH+]1CC[NH+](Cc2ccsc2)CC1)NC(=O)Nc1ccc2c(c1)OCO2. The molecule has 0 spiro atoms. The van der Waals surface area contributed by atoms with Gasteiger partial charge in [-0.05, 0) is 29.0 Å². The van der Waals surface area contributed by atoms with Crippen molar-refractivity contribution in [3.8, 4) is 11.5 Å². The molecule has 0 bridgehead atoms. The van der Waals surface area contributed by atoms with Gasteiger partial charge in [-0.3, -0.25) is 10.1 Å². The van der Waals surface area contributed by atoms with E-state index in [9.17, 15) is 9.59 Å². The third-order valence-corrected chi connectivity index (χ3v) is 5.72. The smallest absolute Gasteiger partial charge is 0.326 e. The fourth-order valence-corrected chi connectivity index (χ4v) is 4.20. The predicted octanol–water partition coefficient (Wildman–Crippen LogP) is -0.891. The van der Waals surface area contributed by atoms with E-state index >= 15 is 0 Å². The maximum Gasteiger partial charge on any atom is 0.326 e. The van der Waals surface area contributed by atoms with Gasteiger partial charge in [0, 0.05) is 17.3 Å². The zero-order valence-corrected chi connectivity index (χ0v) is 16.3. The Morgan fingerprint density at radius 3 is 2.61 bits per heavy atom. The van der Waals surface area contributed by atoms with Crippen molar-refractivity contribution >= 4 is 29.0 Å². The van der Waals surface area contributed by atoms with Crippen LogP contribution >= 0.6 is 11.3 Å². The number of rotatable bonds is 5. The molecule has 0 saturated carbocycles. The predicted molar refractivity (Wildman–Crippen MR) is 104 cm³/mol. The number of imide groups is 1. The van der Waals surface area contributed by atoms with Crippen LogP contribution in [0.2, 0.25) is 0 Å². The van der Waals surface area contributed by atoms with Crippen LogP contribution < -0.4 is 29.9 Å². The van der Waals surface area contributed by atoms with Crippen LogP contribution in [0.1, 0.15) is 5.56 Å². The first-order valence-electron chi connectivity index (χ1n) is 9.34. The Bertz CT molecular complexity index is 834. The van der Waals surface area contributed by atoms with Gasteiger partial charge >= 0.3 is 6.03 Å². The number of ether oxygens (including phenoxy) is 2. The quantitative estimate of drug-likeness (QED) is 0.521. The number of fused-ring (bicyclic) bond motifs is 1. The summed E-state index contributed by atoms with van der Waals surface area (Å²) in [5, 5.41) is 9.36. The minimum absolute atomic E-state index is 0.175. The van der Waals surface area contributed by atoms with Crippen LogP contribution in [-0.2, 0) is 11.3 Å². The Kier molecular flexibility index (Phi) is 5.75. The van der Waals surface area contributed by atoms with Gasteiger partial charge in [-0.1, -0.05) is 0 Å². The molecule has 3 amide bonds. The topological polar surface area (TPSA) is 85.5 Å². The van der Waals surface area contributed by atoms with Gasteiger partial charge in [0.05, 0.1) is 0 Å². The number of carbonyl (C=O) groups is 2. The minimum Gasteiger partial charge on any atom is -0.454 e. The van der Waals surface area contributed by atoms with E-state index in [0.717, 1.165) is 32.7 Å². The van der Waals surface area contributed by atoms with E-state index in [1.165, 1.54) is 10.5 Å². The standard InChI is InChI=1S/C19H22N4O4S/c24-18(11-23-6-4-22(5-7-23)10-14-3-8-28-12-14)21-19(25)20-15-1-2-16-17(9-15)27-13-26-16/h1-3,8-9,12H,4-7,10-11,13H2,(H2,20,21,24,25)/p+2. The van der Waals surface area contributed by atoms with Gasteiger partial charge in [0.1, 0.15) is 32.7 Å². The molecule has 4 N–H and O–H groups in total. The molecule has 1 saturated heterocycles. The first-order chi connectivity index (χ1) is 13.7. The number of carbonyl (C=O) groups excluding carboxylic acids is 2. The van der Waals surface area contributed by atoms with Gasteiger partial charge in [-0.25, -0.2) is 4.79 Å². The number of quaternary nitrogens is 2. The largest absolute Gasteiger partial charge is 0.454 e. The molecule has 1 aromatic carbocycles. The molecule has 2 aliphatic heterocycles. The molecule has 148 valence electrons. The van der Waals surface area contributed by atoms with Crippen molar-refractivity contribution in [2.45, 2.75) is 6.54 Å². The molecule has 4 rings (SSSR count). The number of hydrogen-bond donors (Lipinski definition) is 4. The summed E-state index contributed by atoms with van der Waals surface area (Å²) in [7, 11) is 0. The van der Waals surface area contributed by atoms with Crippen LogP contribution in [-0.4, -0.2) is 51.5 Å². The molecular weight excluding hydrogens is 380 g/mol. The summed E-state index contributed by atoms with van der Waals surface area (Å²) < 4.78 is 10.5. The van der Waals surface area contributed by atoms with Gasteiger partial charge in [0.15, 0.2) is 18.0 Å². The van der Waals surface area contributed by atoms with Gasteiger partial charge in [0.2, 0.25) is 6.79 Å². The second-order valence-electron chi connectivity index (χ2n) is 7.06. The molecule has 2 aliphatic rings. The fraction of sp³-hybridized carbons (Fsp3) is 0.368. The summed E-state index contributed by atoms with van der Waals surface area (Å²) in [4.78, 5) is 27.0. The maximum absolute atomic E-state index is 12.2. The van der Waals surface area contributed by atoms with Crippen molar-refractivity contribution in [1.29, 1.82) is 0 Å². The average Bonchev–Trinajstić information content (AvgIpc) is 3.34. The van der Waals surface area contributed by atoms with Crippen LogP contribution in [0.5, 0.6) is 11.5 Å². The molecule has 1 fully saturated rings. The van der Waals surface area contributed by atoms with Crippen LogP contribution in [0, 0.1) is 0 Å². The zero-order chi connectivity index (χ0) is 19.3. The number of anilines is 1. The summed E-state index contributed by atoms with van der Waals surface area (Å²) in [5.74, 6) is 0.955. The molecular formula is C19H24N4O4S+2. The van der Waals surface area contributed by atoms with Crippen molar-refractivity contribution in [2.75, 3.05) is 44.8 Å². The van der Waals surface area contributed by atoms with Crippen molar-refractivity contribution in [3.63, 3.8) is 0 Å². The van der Waals surface area contributed by atoms with Gasteiger partial charge in [-0.15, -0.1) is 0 Å². The molecule has 9 heteroatoms. The van der Waals surface area contributed by atoms with Crippen molar-refractivity contribution < 1.29 is 28.9 Å². The Balaban J connectivity index is 1.19. The van der Waals surface area contributed by atoms with E-state index in [2.05, 4.69) is 27.5 Å². The first-order valence-corrected chi connectivity index (χ1v) is 10.3. The fourth-order valence-electron chi connectivity index (χ4n) is 3.53. The van der Waals surface area contributed by atoms with E-state index in [1.807, 2.05) is 0 Å². The summed E-state index contributed by atoms with van der Waals surface area (Å²) >= 11 is 1.73. The van der Waals surface area contributed by atoms with E-state index in [-0.39, 0.29) is 12.7 Å². The normalized spacial score (nSPS) is 20.6. The Morgan fingerprint density at radius 2 is 1.82 bits per heavy atom. The molecule has 2 aromatic rings. The Hall–Kier alpha value is -2.62. The van der Waals surface area contributed by atoms with E-state index in [4.69, 9.17) is 9.47 Å². The van der Waals surface area contributed by atoms with Crippen molar-refractivity contribution in [1.82, 2.24) is 5.32 Å². The zero-order valence-electron chi connectivity index (χ0n) is 15.5. The first kappa shape index (κ1) is 18.7. The van der Waals surface area contributed by atoms with Gasteiger partial charge < -0.3 is 24.6 Å². The summed E-state index contributed by atoms with van der Waals surface area (Å²) in [6.07, 6.45) is 0. The maximum atomic E-state index is 12.2. The number of piperazine rings is 1. The van der Waals surface area contributed by atoms with Crippen LogP contribution in [0.3, 0.4) is 0 Å². The number of urea groups is 1. The third-order valence-electron chi connectivity index (χ3n) is 4.99. The molecule has 0 radical (unpaired) electrons. The highest BCUT2D eigenvalue weighted by molar-refractivity contribution is 7.07. The Labute approximate surface area is 167 Å². The van der Waals surface area contributed by atoms with E-state index < -0.39 is 6.03 Å². The van der Waals surface area contributed by atoms with Crippen LogP contribution in [0.15, 0.2) is 35.0 Å². The molecule has 0 atom stereocenters. The molecule has 1 aromatic heterocycles. The third kappa shape index (κ3) is 4.80. The average molecular weight is 404 g/mol. The van der Waals surface area contributed by atoms with Crippen LogP contribution in [0.4, 0.5) is 10.5 Å². The van der Waals surface area contributed by atoms with Crippen molar-refractivity contribution in [2.24, 2.45) is 0 Å². The number of hydrogen-bond acceptors (Lipinski definition) is 5. The monoisotopic (exact) mass is 404 g/mol. The van der Waals surface area contributed by atoms with E-state index in [0.29, 0.717) is 23.7 Å². The summed E-state index contributed by atoms with van der Waals surface area (Å²) in [6.45, 7) is 5.44. The number of amides is 3. The number of benzene rings is 1. The molecule has 0 unspecified atom stereocenters. The lowest BCUT2D eigenvalue weighted by molar-refractivity contribution is -1.02. The lowest BCUT2D eigenvalue weighted by Gasteiger charge is -2.29. The molecule has 0 aliphatic carbocycles. The highest BCUT2D eigenvalue weighted by atomic mass is 32.1. The van der Waals surface area contributed by atoms with E-state index in [1.54, 1.807) is 34.4 Å². The molecule has 8 nitrogen and oxygen atoms in total. The lowest BCUT2D eigenvalue weighted by Crippen LogP contribution is -3.28. The highest BCUT2D eigenvalue weighted by Gasteiger charge is 2.25.